The van der Waals surface area contributed by atoms with Crippen LogP contribution in [0.5, 0.6) is 5.75 Å². The summed E-state index contributed by atoms with van der Waals surface area (Å²) in [6, 6.07) is 8.07. The third-order valence-electron chi connectivity index (χ3n) is 6.84. The Hall–Kier alpha value is -3.11. The summed E-state index contributed by atoms with van der Waals surface area (Å²) in [4.78, 5) is 26.8. The van der Waals surface area contributed by atoms with E-state index in [4.69, 9.17) is 9.47 Å². The second-order valence-electron chi connectivity index (χ2n) is 10.8. The van der Waals surface area contributed by atoms with Crippen molar-refractivity contribution in [2.45, 2.75) is 83.0 Å². The van der Waals surface area contributed by atoms with E-state index in [-0.39, 0.29) is 23.7 Å². The summed E-state index contributed by atoms with van der Waals surface area (Å²) in [6.45, 7) is 11.1. The predicted octanol–water partition coefficient (Wildman–Crippen LogP) is 6.58. The number of carbonyl (C=O) groups excluding carboxylic acids is 2. The SMILES string of the molecule is C=CCn1c(COc2ccc(C(C)(C)C)cc2)nnc1SCC(=O)Nc1sc2c(c1C(=O)OC)CCCCCC2. The van der Waals surface area contributed by atoms with Crippen molar-refractivity contribution in [1.29, 1.82) is 0 Å². The zero-order chi connectivity index (χ0) is 28.7. The molecule has 4 rings (SSSR count). The summed E-state index contributed by atoms with van der Waals surface area (Å²) >= 11 is 2.78. The van der Waals surface area contributed by atoms with Gasteiger partial charge in [-0.25, -0.2) is 4.79 Å². The van der Waals surface area contributed by atoms with Crippen molar-refractivity contribution in [3.63, 3.8) is 0 Å². The Labute approximate surface area is 244 Å². The molecule has 40 heavy (non-hydrogen) atoms. The first-order valence-electron chi connectivity index (χ1n) is 13.6. The number of esters is 1. The number of benzene rings is 1. The normalized spacial score (nSPS) is 13.6. The van der Waals surface area contributed by atoms with Gasteiger partial charge >= 0.3 is 5.97 Å². The maximum atomic E-state index is 13.0. The molecule has 2 aromatic heterocycles. The molecule has 1 amide bonds. The number of nitrogens with one attached hydrogen (secondary N) is 1. The standard InChI is InChI=1S/C30H38N4O4S2/c1-6-17-34-24(18-38-21-15-13-20(14-16-21)30(2,3)4)32-33-29(34)39-19-25(35)31-27-26(28(36)37-5)22-11-9-7-8-10-12-23(22)40-27/h6,13-16H,1,7-12,17-19H2,2-5H3,(H,31,35). The molecule has 1 aliphatic rings. The predicted molar refractivity (Wildman–Crippen MR) is 161 cm³/mol. The molecule has 0 aliphatic heterocycles. The Morgan fingerprint density at radius 2 is 1.85 bits per heavy atom. The van der Waals surface area contributed by atoms with E-state index in [0.717, 1.165) is 43.4 Å². The Morgan fingerprint density at radius 3 is 2.52 bits per heavy atom. The summed E-state index contributed by atoms with van der Waals surface area (Å²) in [5, 5.41) is 12.8. The molecule has 1 aromatic carbocycles. The highest BCUT2D eigenvalue weighted by atomic mass is 32.2. The van der Waals surface area contributed by atoms with Crippen LogP contribution in [-0.2, 0) is 40.9 Å². The minimum Gasteiger partial charge on any atom is -0.486 e. The highest BCUT2D eigenvalue weighted by Crippen LogP contribution is 2.37. The van der Waals surface area contributed by atoms with E-state index in [0.29, 0.717) is 28.1 Å². The number of hydrogen-bond donors (Lipinski definition) is 1. The fourth-order valence-electron chi connectivity index (χ4n) is 4.66. The molecule has 3 aromatic rings. The summed E-state index contributed by atoms with van der Waals surface area (Å²) in [5.74, 6) is 0.904. The smallest absolute Gasteiger partial charge is 0.341 e. The molecule has 0 bridgehead atoms. The van der Waals surface area contributed by atoms with Gasteiger partial charge in [-0.3, -0.25) is 9.36 Å². The second-order valence-corrected chi connectivity index (χ2v) is 12.9. The molecule has 1 N–H and O–H groups in total. The van der Waals surface area contributed by atoms with Crippen LogP contribution in [0.25, 0.3) is 0 Å². The third kappa shape index (κ3) is 7.34. The maximum absolute atomic E-state index is 13.0. The average Bonchev–Trinajstić information content (AvgIpc) is 3.45. The Bertz CT molecular complexity index is 1340. The molecule has 214 valence electrons. The van der Waals surface area contributed by atoms with Gasteiger partial charge in [0.1, 0.15) is 17.4 Å². The molecule has 0 fully saturated rings. The maximum Gasteiger partial charge on any atom is 0.341 e. The number of allylic oxidation sites excluding steroid dienone is 1. The van der Waals surface area contributed by atoms with E-state index < -0.39 is 5.97 Å². The van der Waals surface area contributed by atoms with E-state index in [1.54, 1.807) is 6.08 Å². The number of fused-ring (bicyclic) bond motifs is 1. The van der Waals surface area contributed by atoms with Crippen LogP contribution in [0.4, 0.5) is 5.00 Å². The van der Waals surface area contributed by atoms with Crippen LogP contribution in [-0.4, -0.2) is 39.5 Å². The molecule has 0 radical (unpaired) electrons. The first-order chi connectivity index (χ1) is 19.2. The van der Waals surface area contributed by atoms with Crippen molar-refractivity contribution in [3.8, 4) is 5.75 Å². The van der Waals surface area contributed by atoms with Crippen molar-refractivity contribution < 1.29 is 19.1 Å². The zero-order valence-corrected chi connectivity index (χ0v) is 25.4. The fourth-order valence-corrected chi connectivity index (χ4v) is 6.72. The monoisotopic (exact) mass is 582 g/mol. The van der Waals surface area contributed by atoms with Gasteiger partial charge in [0, 0.05) is 11.4 Å². The van der Waals surface area contributed by atoms with Crippen molar-refractivity contribution >= 4 is 40.0 Å². The number of hydrogen-bond acceptors (Lipinski definition) is 8. The van der Waals surface area contributed by atoms with Gasteiger partial charge in [-0.1, -0.05) is 63.6 Å². The first-order valence-corrected chi connectivity index (χ1v) is 15.4. The Kier molecular flexibility index (Phi) is 10.1. The number of aromatic nitrogens is 3. The number of thiophene rings is 1. The second kappa shape index (κ2) is 13.5. The number of rotatable bonds is 10. The molecular weight excluding hydrogens is 544 g/mol. The van der Waals surface area contributed by atoms with Gasteiger partial charge in [-0.05, 0) is 54.4 Å². The first kappa shape index (κ1) is 29.9. The van der Waals surface area contributed by atoms with Gasteiger partial charge in [0.2, 0.25) is 5.91 Å². The number of carbonyl (C=O) groups is 2. The van der Waals surface area contributed by atoms with Gasteiger partial charge in [0.25, 0.3) is 0 Å². The molecular formula is C30H38N4O4S2. The highest BCUT2D eigenvalue weighted by molar-refractivity contribution is 7.99. The lowest BCUT2D eigenvalue weighted by atomic mass is 9.87. The van der Waals surface area contributed by atoms with E-state index >= 15 is 0 Å². The van der Waals surface area contributed by atoms with Gasteiger partial charge < -0.3 is 14.8 Å². The number of nitrogens with zero attached hydrogens (tertiary/aromatic N) is 3. The van der Waals surface area contributed by atoms with Crippen LogP contribution in [0.15, 0.2) is 42.1 Å². The summed E-state index contributed by atoms with van der Waals surface area (Å²) < 4.78 is 12.9. The Balaban J connectivity index is 1.41. The molecule has 1 aliphatic carbocycles. The van der Waals surface area contributed by atoms with Crippen molar-refractivity contribution in [2.75, 3.05) is 18.2 Å². The molecule has 8 nitrogen and oxygen atoms in total. The van der Waals surface area contributed by atoms with Gasteiger partial charge in [-0.15, -0.1) is 28.1 Å². The minimum absolute atomic E-state index is 0.0730. The van der Waals surface area contributed by atoms with Gasteiger partial charge in [0.15, 0.2) is 11.0 Å². The Morgan fingerprint density at radius 1 is 1.12 bits per heavy atom. The molecule has 0 atom stereocenters. The quantitative estimate of drug-likeness (QED) is 0.164. The van der Waals surface area contributed by atoms with Crippen LogP contribution in [0.3, 0.4) is 0 Å². The van der Waals surface area contributed by atoms with Crippen LogP contribution < -0.4 is 10.1 Å². The number of methoxy groups -OCH3 is 1. The summed E-state index contributed by atoms with van der Waals surface area (Å²) in [5.41, 5.74) is 2.85. The summed E-state index contributed by atoms with van der Waals surface area (Å²) in [6.07, 6.45) is 7.97. The van der Waals surface area contributed by atoms with Crippen LogP contribution in [0.2, 0.25) is 0 Å². The molecule has 10 heteroatoms. The topological polar surface area (TPSA) is 95.3 Å². The molecule has 2 heterocycles. The number of amides is 1. The van der Waals surface area contributed by atoms with Gasteiger partial charge in [-0.2, -0.15) is 0 Å². The highest BCUT2D eigenvalue weighted by Gasteiger charge is 2.26. The van der Waals surface area contributed by atoms with Crippen LogP contribution >= 0.6 is 23.1 Å². The lowest BCUT2D eigenvalue weighted by molar-refractivity contribution is -0.113. The lowest BCUT2D eigenvalue weighted by Crippen LogP contribution is -2.17. The molecule has 0 spiro atoms. The average molecular weight is 583 g/mol. The van der Waals surface area contributed by atoms with E-state index in [1.165, 1.54) is 47.1 Å². The molecule has 0 saturated heterocycles. The zero-order valence-electron chi connectivity index (χ0n) is 23.7. The minimum atomic E-state index is -0.399. The molecule has 0 saturated carbocycles. The number of anilines is 1. The van der Waals surface area contributed by atoms with E-state index in [2.05, 4.69) is 55.0 Å². The van der Waals surface area contributed by atoms with Gasteiger partial charge in [0.05, 0.1) is 18.4 Å². The van der Waals surface area contributed by atoms with Crippen molar-refractivity contribution in [3.05, 3.63) is 64.3 Å². The van der Waals surface area contributed by atoms with E-state index in [1.807, 2.05) is 16.7 Å². The van der Waals surface area contributed by atoms with Crippen LogP contribution in [0.1, 0.15) is 78.6 Å². The third-order valence-corrected chi connectivity index (χ3v) is 9.01. The van der Waals surface area contributed by atoms with E-state index in [9.17, 15) is 9.59 Å². The molecule has 0 unspecified atom stereocenters. The fraction of sp³-hybridized carbons (Fsp3) is 0.467. The largest absolute Gasteiger partial charge is 0.486 e. The van der Waals surface area contributed by atoms with Crippen molar-refractivity contribution in [1.82, 2.24) is 14.8 Å². The lowest BCUT2D eigenvalue weighted by Gasteiger charge is -2.19. The summed E-state index contributed by atoms with van der Waals surface area (Å²) in [7, 11) is 1.38. The van der Waals surface area contributed by atoms with Crippen molar-refractivity contribution in [2.24, 2.45) is 0 Å². The number of thioether (sulfide) groups is 1. The van der Waals surface area contributed by atoms with Crippen LogP contribution in [0, 0.1) is 0 Å². The number of ether oxygens (including phenoxy) is 2. The number of aryl methyl sites for hydroxylation is 1.